The standard InChI is InChI=1S/C24H24FN3O3/c1-30-22-7-3-5-19(21-14-26-12-13-27-21)23(22)24(29)28-20-6-2-4-16(20)15-31-18-10-8-17(25)9-11-18/h3,5,7-14,16,20H,2,4,6,15H2,1H3,(H,28,29)/t16-,20+/m1/s1. The summed E-state index contributed by atoms with van der Waals surface area (Å²) >= 11 is 0. The predicted molar refractivity (Wildman–Crippen MR) is 115 cm³/mol. The quantitative estimate of drug-likeness (QED) is 0.617. The second kappa shape index (κ2) is 9.55. The van der Waals surface area contributed by atoms with Crippen molar-refractivity contribution < 1.29 is 18.7 Å². The van der Waals surface area contributed by atoms with Crippen molar-refractivity contribution in [2.75, 3.05) is 13.7 Å². The van der Waals surface area contributed by atoms with Gasteiger partial charge in [-0.05, 0) is 43.2 Å². The monoisotopic (exact) mass is 421 g/mol. The van der Waals surface area contributed by atoms with E-state index in [1.807, 2.05) is 12.1 Å². The molecule has 0 saturated heterocycles. The molecule has 1 aliphatic carbocycles. The van der Waals surface area contributed by atoms with Crippen LogP contribution in [0.15, 0.2) is 61.1 Å². The maximum Gasteiger partial charge on any atom is 0.255 e. The maximum absolute atomic E-state index is 13.3. The molecule has 2 atom stereocenters. The van der Waals surface area contributed by atoms with Gasteiger partial charge in [-0.25, -0.2) is 4.39 Å². The van der Waals surface area contributed by atoms with Crippen LogP contribution in [0.1, 0.15) is 29.6 Å². The normalized spacial score (nSPS) is 17.9. The lowest BCUT2D eigenvalue weighted by Crippen LogP contribution is -2.39. The first-order valence-electron chi connectivity index (χ1n) is 10.3. The Morgan fingerprint density at radius 2 is 2.00 bits per heavy atom. The molecule has 1 fully saturated rings. The van der Waals surface area contributed by atoms with Crippen molar-refractivity contribution in [3.05, 3.63) is 72.4 Å². The number of nitrogens with zero attached hydrogens (tertiary/aromatic N) is 2. The number of amides is 1. The van der Waals surface area contributed by atoms with Gasteiger partial charge in [-0.15, -0.1) is 0 Å². The van der Waals surface area contributed by atoms with E-state index in [1.54, 1.807) is 43.9 Å². The van der Waals surface area contributed by atoms with Crippen molar-refractivity contribution in [1.82, 2.24) is 15.3 Å². The van der Waals surface area contributed by atoms with Gasteiger partial charge in [0.15, 0.2) is 0 Å². The molecule has 7 heteroatoms. The Balaban J connectivity index is 1.50. The zero-order chi connectivity index (χ0) is 21.6. The number of benzene rings is 2. The summed E-state index contributed by atoms with van der Waals surface area (Å²) in [6.45, 7) is 0.458. The minimum atomic E-state index is -0.297. The fourth-order valence-electron chi connectivity index (χ4n) is 3.99. The third-order valence-electron chi connectivity index (χ3n) is 5.57. The number of halogens is 1. The molecule has 1 N–H and O–H groups in total. The molecule has 1 amide bonds. The first-order valence-corrected chi connectivity index (χ1v) is 10.3. The SMILES string of the molecule is COc1cccc(-c2cnccn2)c1C(=O)N[C@H]1CCC[C@@H]1COc1ccc(F)cc1. The Morgan fingerprint density at radius 1 is 1.16 bits per heavy atom. The molecule has 31 heavy (non-hydrogen) atoms. The summed E-state index contributed by atoms with van der Waals surface area (Å²) in [4.78, 5) is 21.8. The van der Waals surface area contributed by atoms with Crippen LogP contribution in [-0.4, -0.2) is 35.6 Å². The molecule has 1 aliphatic rings. The summed E-state index contributed by atoms with van der Waals surface area (Å²) in [7, 11) is 1.54. The molecule has 0 spiro atoms. The summed E-state index contributed by atoms with van der Waals surface area (Å²) in [5.41, 5.74) is 1.71. The molecule has 0 unspecified atom stereocenters. The van der Waals surface area contributed by atoms with Crippen LogP contribution in [0.25, 0.3) is 11.3 Å². The summed E-state index contributed by atoms with van der Waals surface area (Å²) in [6.07, 6.45) is 7.64. The van der Waals surface area contributed by atoms with Crippen LogP contribution < -0.4 is 14.8 Å². The first-order chi connectivity index (χ1) is 15.2. The molecule has 2 aromatic carbocycles. The summed E-state index contributed by atoms with van der Waals surface area (Å²) in [6, 6.07) is 11.4. The highest BCUT2D eigenvalue weighted by Crippen LogP contribution is 2.31. The second-order valence-corrected chi connectivity index (χ2v) is 7.51. The number of rotatable bonds is 7. The van der Waals surface area contributed by atoms with E-state index in [0.717, 1.165) is 19.3 Å². The molecule has 4 rings (SSSR count). The molecule has 0 aliphatic heterocycles. The van der Waals surface area contributed by atoms with E-state index in [4.69, 9.17) is 9.47 Å². The molecule has 3 aromatic rings. The molecule has 160 valence electrons. The molecule has 0 radical (unpaired) electrons. The van der Waals surface area contributed by atoms with E-state index < -0.39 is 0 Å². The van der Waals surface area contributed by atoms with Crippen molar-refractivity contribution in [3.63, 3.8) is 0 Å². The van der Waals surface area contributed by atoms with E-state index in [0.29, 0.717) is 34.9 Å². The van der Waals surface area contributed by atoms with E-state index in [-0.39, 0.29) is 23.7 Å². The van der Waals surface area contributed by atoms with Crippen molar-refractivity contribution in [3.8, 4) is 22.8 Å². The predicted octanol–water partition coefficient (Wildman–Crippen LogP) is 4.27. The van der Waals surface area contributed by atoms with Gasteiger partial charge in [0.1, 0.15) is 17.3 Å². The van der Waals surface area contributed by atoms with Crippen molar-refractivity contribution in [1.29, 1.82) is 0 Å². The van der Waals surface area contributed by atoms with Gasteiger partial charge in [-0.2, -0.15) is 0 Å². The molecule has 1 heterocycles. The number of ether oxygens (including phenoxy) is 2. The number of nitrogens with one attached hydrogen (secondary N) is 1. The lowest BCUT2D eigenvalue weighted by atomic mass is 10.0. The summed E-state index contributed by atoms with van der Waals surface area (Å²) in [5, 5.41) is 3.17. The summed E-state index contributed by atoms with van der Waals surface area (Å²) in [5.74, 6) is 0.764. The number of carbonyl (C=O) groups excluding carboxylic acids is 1. The van der Waals surface area contributed by atoms with Crippen molar-refractivity contribution in [2.45, 2.75) is 25.3 Å². The fourth-order valence-corrected chi connectivity index (χ4v) is 3.99. The Labute approximate surface area is 180 Å². The third-order valence-corrected chi connectivity index (χ3v) is 5.57. The lowest BCUT2D eigenvalue weighted by Gasteiger charge is -2.22. The average Bonchev–Trinajstić information content (AvgIpc) is 3.25. The molecule has 1 aromatic heterocycles. The summed E-state index contributed by atoms with van der Waals surface area (Å²) < 4.78 is 24.4. The fraction of sp³-hybridized carbons (Fsp3) is 0.292. The van der Waals surface area contributed by atoms with Crippen LogP contribution in [0.4, 0.5) is 4.39 Å². The first kappa shape index (κ1) is 20.8. The number of hydrogen-bond acceptors (Lipinski definition) is 5. The van der Waals surface area contributed by atoms with Gasteiger partial charge in [-0.3, -0.25) is 14.8 Å². The van der Waals surface area contributed by atoms with Gasteiger partial charge in [0.05, 0.1) is 31.2 Å². The highest BCUT2D eigenvalue weighted by atomic mass is 19.1. The molecular weight excluding hydrogens is 397 g/mol. The minimum absolute atomic E-state index is 0.0208. The Kier molecular flexibility index (Phi) is 6.40. The number of carbonyl (C=O) groups is 1. The molecule has 1 saturated carbocycles. The lowest BCUT2D eigenvalue weighted by molar-refractivity contribution is 0.0916. The molecular formula is C24H24FN3O3. The number of aromatic nitrogens is 2. The molecule has 6 nitrogen and oxygen atoms in total. The van der Waals surface area contributed by atoms with E-state index >= 15 is 0 Å². The Hall–Kier alpha value is -3.48. The Morgan fingerprint density at radius 3 is 2.74 bits per heavy atom. The van der Waals surface area contributed by atoms with Crippen LogP contribution in [0, 0.1) is 11.7 Å². The van der Waals surface area contributed by atoms with Crippen LogP contribution in [0.5, 0.6) is 11.5 Å². The second-order valence-electron chi connectivity index (χ2n) is 7.51. The van der Waals surface area contributed by atoms with Crippen LogP contribution in [0.2, 0.25) is 0 Å². The zero-order valence-corrected chi connectivity index (χ0v) is 17.3. The minimum Gasteiger partial charge on any atom is -0.496 e. The smallest absolute Gasteiger partial charge is 0.255 e. The topological polar surface area (TPSA) is 73.3 Å². The van der Waals surface area contributed by atoms with Crippen LogP contribution in [0.3, 0.4) is 0 Å². The van der Waals surface area contributed by atoms with Crippen molar-refractivity contribution in [2.24, 2.45) is 5.92 Å². The number of methoxy groups -OCH3 is 1. The highest BCUT2D eigenvalue weighted by Gasteiger charge is 2.31. The van der Waals surface area contributed by atoms with Gasteiger partial charge in [0, 0.05) is 29.9 Å². The largest absolute Gasteiger partial charge is 0.496 e. The van der Waals surface area contributed by atoms with Gasteiger partial charge in [-0.1, -0.05) is 18.6 Å². The Bertz CT molecular complexity index is 1030. The maximum atomic E-state index is 13.3. The van der Waals surface area contributed by atoms with E-state index in [9.17, 15) is 9.18 Å². The highest BCUT2D eigenvalue weighted by molar-refractivity contribution is 6.03. The van der Waals surface area contributed by atoms with E-state index in [2.05, 4.69) is 15.3 Å². The zero-order valence-electron chi connectivity index (χ0n) is 17.3. The van der Waals surface area contributed by atoms with Crippen LogP contribution in [-0.2, 0) is 0 Å². The average molecular weight is 421 g/mol. The number of hydrogen-bond donors (Lipinski definition) is 1. The third kappa shape index (κ3) is 4.82. The van der Waals surface area contributed by atoms with Crippen LogP contribution >= 0.6 is 0 Å². The van der Waals surface area contributed by atoms with Crippen molar-refractivity contribution >= 4 is 5.91 Å². The van der Waals surface area contributed by atoms with E-state index in [1.165, 1.54) is 12.1 Å². The van der Waals surface area contributed by atoms with Gasteiger partial charge >= 0.3 is 0 Å². The van der Waals surface area contributed by atoms with Gasteiger partial charge < -0.3 is 14.8 Å². The molecule has 0 bridgehead atoms. The van der Waals surface area contributed by atoms with Gasteiger partial charge in [0.2, 0.25) is 0 Å². The van der Waals surface area contributed by atoms with Gasteiger partial charge in [0.25, 0.3) is 5.91 Å².